The van der Waals surface area contributed by atoms with Crippen LogP contribution in [0.5, 0.6) is 0 Å². The first kappa shape index (κ1) is 20.9. The number of amides is 2. The van der Waals surface area contributed by atoms with E-state index in [2.05, 4.69) is 15.6 Å². The molecule has 3 rings (SSSR count). The first-order chi connectivity index (χ1) is 14.0. The molecule has 2 aromatic carbocycles. The number of hydrogen-bond acceptors (Lipinski definition) is 4. The number of rotatable bonds is 8. The van der Waals surface area contributed by atoms with E-state index in [0.29, 0.717) is 29.2 Å². The SMILES string of the molecule is COCNC(=O)C(O)c1ccccc1CCNC(=O)c1cc2cc(Cl)ccc2[nH]1. The van der Waals surface area contributed by atoms with Gasteiger partial charge in [-0.25, -0.2) is 0 Å². The third-order valence-electron chi connectivity index (χ3n) is 4.50. The monoisotopic (exact) mass is 415 g/mol. The Kier molecular flexibility index (Phi) is 6.87. The van der Waals surface area contributed by atoms with Gasteiger partial charge in [0.15, 0.2) is 6.10 Å². The van der Waals surface area contributed by atoms with Crippen molar-refractivity contribution >= 4 is 34.3 Å². The van der Waals surface area contributed by atoms with Crippen molar-refractivity contribution in [3.63, 3.8) is 0 Å². The fourth-order valence-electron chi connectivity index (χ4n) is 3.04. The highest BCUT2D eigenvalue weighted by Gasteiger charge is 2.20. The maximum absolute atomic E-state index is 12.4. The predicted molar refractivity (Wildman–Crippen MR) is 111 cm³/mol. The van der Waals surface area contributed by atoms with Crippen LogP contribution in [0.4, 0.5) is 0 Å². The summed E-state index contributed by atoms with van der Waals surface area (Å²) in [5.74, 6) is -0.784. The summed E-state index contributed by atoms with van der Waals surface area (Å²) in [6, 6.07) is 14.2. The molecular formula is C21H22ClN3O4. The van der Waals surface area contributed by atoms with Crippen molar-refractivity contribution in [2.45, 2.75) is 12.5 Å². The van der Waals surface area contributed by atoms with E-state index in [1.165, 1.54) is 7.11 Å². The van der Waals surface area contributed by atoms with Gasteiger partial charge in [0, 0.05) is 29.6 Å². The zero-order valence-electron chi connectivity index (χ0n) is 15.9. The Morgan fingerprint density at radius 3 is 2.76 bits per heavy atom. The van der Waals surface area contributed by atoms with E-state index < -0.39 is 12.0 Å². The minimum atomic E-state index is -1.31. The number of benzene rings is 2. The van der Waals surface area contributed by atoms with Crippen LogP contribution in [-0.4, -0.2) is 42.3 Å². The third-order valence-corrected chi connectivity index (χ3v) is 4.73. The van der Waals surface area contributed by atoms with Crippen molar-refractivity contribution in [2.24, 2.45) is 0 Å². The van der Waals surface area contributed by atoms with Gasteiger partial charge in [-0.3, -0.25) is 9.59 Å². The highest BCUT2D eigenvalue weighted by molar-refractivity contribution is 6.31. The number of carbonyl (C=O) groups excluding carboxylic acids is 2. The number of aliphatic hydroxyl groups is 1. The normalized spacial score (nSPS) is 12.0. The molecule has 1 unspecified atom stereocenters. The second-order valence-electron chi connectivity index (χ2n) is 6.50. The van der Waals surface area contributed by atoms with Crippen molar-refractivity contribution in [3.05, 3.63) is 70.4 Å². The lowest BCUT2D eigenvalue weighted by atomic mass is 9.99. The molecule has 0 spiro atoms. The fraction of sp³-hybridized carbons (Fsp3) is 0.238. The van der Waals surface area contributed by atoms with Crippen LogP contribution in [0.2, 0.25) is 5.02 Å². The van der Waals surface area contributed by atoms with Gasteiger partial charge in [0.1, 0.15) is 12.4 Å². The van der Waals surface area contributed by atoms with Crippen LogP contribution in [0.15, 0.2) is 48.5 Å². The zero-order valence-corrected chi connectivity index (χ0v) is 16.6. The largest absolute Gasteiger partial charge is 0.378 e. The van der Waals surface area contributed by atoms with Gasteiger partial charge in [-0.1, -0.05) is 35.9 Å². The summed E-state index contributed by atoms with van der Waals surface area (Å²) >= 11 is 5.98. The van der Waals surface area contributed by atoms with Crippen LogP contribution in [0, 0.1) is 0 Å². The average molecular weight is 416 g/mol. The van der Waals surface area contributed by atoms with Crippen LogP contribution in [0.3, 0.4) is 0 Å². The first-order valence-corrected chi connectivity index (χ1v) is 9.46. The van der Waals surface area contributed by atoms with Gasteiger partial charge in [-0.15, -0.1) is 0 Å². The predicted octanol–water partition coefficient (Wildman–Crippen LogP) is 2.55. The molecule has 29 heavy (non-hydrogen) atoms. The molecule has 2 amide bonds. The van der Waals surface area contributed by atoms with E-state index >= 15 is 0 Å². The standard InChI is InChI=1S/C21H22ClN3O4/c1-29-12-24-21(28)19(26)16-5-3-2-4-13(16)8-9-23-20(27)18-11-14-10-15(22)6-7-17(14)25-18/h2-7,10-11,19,25-26H,8-9,12H2,1H3,(H,23,27)(H,24,28). The van der Waals surface area contributed by atoms with E-state index in [0.717, 1.165) is 16.5 Å². The summed E-state index contributed by atoms with van der Waals surface area (Å²) in [6.07, 6.45) is -0.849. The van der Waals surface area contributed by atoms with Crippen LogP contribution >= 0.6 is 11.6 Å². The Balaban J connectivity index is 1.62. The minimum absolute atomic E-state index is 0.0177. The van der Waals surface area contributed by atoms with Crippen molar-refractivity contribution in [2.75, 3.05) is 20.4 Å². The number of aromatic nitrogens is 1. The van der Waals surface area contributed by atoms with Crippen LogP contribution in [0.25, 0.3) is 10.9 Å². The maximum atomic E-state index is 12.4. The lowest BCUT2D eigenvalue weighted by Crippen LogP contribution is -2.31. The molecule has 1 atom stereocenters. The number of fused-ring (bicyclic) bond motifs is 1. The number of aromatic amines is 1. The van der Waals surface area contributed by atoms with E-state index in [9.17, 15) is 14.7 Å². The second-order valence-corrected chi connectivity index (χ2v) is 6.93. The Morgan fingerprint density at radius 1 is 1.17 bits per heavy atom. The number of halogens is 1. The summed E-state index contributed by atoms with van der Waals surface area (Å²) in [5.41, 5.74) is 2.54. The van der Waals surface area contributed by atoms with Gasteiger partial charge in [0.25, 0.3) is 11.8 Å². The molecule has 8 heteroatoms. The number of carbonyl (C=O) groups is 2. The molecule has 152 valence electrons. The molecule has 1 heterocycles. The molecule has 1 aromatic heterocycles. The van der Waals surface area contributed by atoms with E-state index in [1.54, 1.807) is 30.3 Å². The summed E-state index contributed by atoms with van der Waals surface area (Å²) in [6.45, 7) is 0.363. The third kappa shape index (κ3) is 5.14. The molecule has 0 aliphatic heterocycles. The quantitative estimate of drug-likeness (QED) is 0.424. The number of aliphatic hydroxyl groups excluding tert-OH is 1. The number of ether oxygens (including phenoxy) is 1. The topological polar surface area (TPSA) is 103 Å². The van der Waals surface area contributed by atoms with Gasteiger partial charge in [-0.2, -0.15) is 0 Å². The summed E-state index contributed by atoms with van der Waals surface area (Å²) in [4.78, 5) is 27.5. The Morgan fingerprint density at radius 2 is 1.97 bits per heavy atom. The number of H-pyrrole nitrogens is 1. The second kappa shape index (κ2) is 9.56. The molecule has 0 bridgehead atoms. The zero-order chi connectivity index (χ0) is 20.8. The summed E-state index contributed by atoms with van der Waals surface area (Å²) in [5, 5.41) is 17.1. The lowest BCUT2D eigenvalue weighted by molar-refractivity contribution is -0.131. The highest BCUT2D eigenvalue weighted by atomic mass is 35.5. The van der Waals surface area contributed by atoms with Gasteiger partial charge in [-0.05, 0) is 41.8 Å². The smallest absolute Gasteiger partial charge is 0.267 e. The van der Waals surface area contributed by atoms with Crippen LogP contribution in [-0.2, 0) is 16.0 Å². The lowest BCUT2D eigenvalue weighted by Gasteiger charge is -2.15. The van der Waals surface area contributed by atoms with Crippen molar-refractivity contribution in [3.8, 4) is 0 Å². The Bertz CT molecular complexity index is 1020. The fourth-order valence-corrected chi connectivity index (χ4v) is 3.22. The number of methoxy groups -OCH3 is 1. The van der Waals surface area contributed by atoms with Gasteiger partial charge in [0.2, 0.25) is 0 Å². The van der Waals surface area contributed by atoms with Gasteiger partial charge >= 0.3 is 0 Å². The average Bonchev–Trinajstić information content (AvgIpc) is 3.15. The molecule has 0 aliphatic carbocycles. The Labute approximate surface area is 173 Å². The summed E-state index contributed by atoms with van der Waals surface area (Å²) < 4.78 is 4.79. The van der Waals surface area contributed by atoms with Crippen molar-refractivity contribution in [1.82, 2.24) is 15.6 Å². The molecule has 3 aromatic rings. The molecule has 0 aliphatic rings. The van der Waals surface area contributed by atoms with E-state index in [-0.39, 0.29) is 12.6 Å². The number of hydrogen-bond donors (Lipinski definition) is 4. The summed E-state index contributed by atoms with van der Waals surface area (Å²) in [7, 11) is 1.45. The molecule has 7 nitrogen and oxygen atoms in total. The molecule has 0 radical (unpaired) electrons. The van der Waals surface area contributed by atoms with Crippen molar-refractivity contribution in [1.29, 1.82) is 0 Å². The number of nitrogens with one attached hydrogen (secondary N) is 3. The van der Waals surface area contributed by atoms with Gasteiger partial charge < -0.3 is 25.5 Å². The minimum Gasteiger partial charge on any atom is -0.378 e. The molecule has 0 fully saturated rings. The highest BCUT2D eigenvalue weighted by Crippen LogP contribution is 2.21. The van der Waals surface area contributed by atoms with Crippen LogP contribution < -0.4 is 10.6 Å². The molecular weight excluding hydrogens is 394 g/mol. The van der Waals surface area contributed by atoms with Gasteiger partial charge in [0.05, 0.1) is 0 Å². The maximum Gasteiger partial charge on any atom is 0.267 e. The molecule has 4 N–H and O–H groups in total. The van der Waals surface area contributed by atoms with E-state index in [4.69, 9.17) is 16.3 Å². The van der Waals surface area contributed by atoms with Crippen molar-refractivity contribution < 1.29 is 19.4 Å². The van der Waals surface area contributed by atoms with Crippen LogP contribution in [0.1, 0.15) is 27.7 Å². The first-order valence-electron chi connectivity index (χ1n) is 9.08. The molecule has 0 saturated carbocycles. The Hall–Kier alpha value is -2.87. The van der Waals surface area contributed by atoms with E-state index in [1.807, 2.05) is 18.2 Å². The molecule has 0 saturated heterocycles.